The normalized spacial score (nSPS) is 10.4. The van der Waals surface area contributed by atoms with Crippen LogP contribution in [-0.2, 0) is 0 Å². The molecule has 0 aliphatic heterocycles. The van der Waals surface area contributed by atoms with Crippen molar-refractivity contribution in [2.24, 2.45) is 0 Å². The zero-order valence-corrected chi connectivity index (χ0v) is 10.8. The highest BCUT2D eigenvalue weighted by Gasteiger charge is 2.08. The molecule has 0 radical (unpaired) electrons. The number of methoxy groups -OCH3 is 1. The average molecular weight is 268 g/mol. The van der Waals surface area contributed by atoms with Gasteiger partial charge in [0.1, 0.15) is 11.4 Å². The number of hydrogen-bond donors (Lipinski definition) is 2. The molecular formula is C14H12N4O2. The highest BCUT2D eigenvalue weighted by atomic mass is 16.5. The van der Waals surface area contributed by atoms with Crippen molar-refractivity contribution in [2.75, 3.05) is 12.4 Å². The van der Waals surface area contributed by atoms with Crippen LogP contribution in [0.15, 0.2) is 42.7 Å². The quantitative estimate of drug-likeness (QED) is 0.763. The summed E-state index contributed by atoms with van der Waals surface area (Å²) in [6.45, 7) is 0. The van der Waals surface area contributed by atoms with Crippen LogP contribution in [0, 0.1) is 0 Å². The molecule has 1 aromatic carbocycles. The smallest absolute Gasteiger partial charge is 0.273 e. The molecule has 3 rings (SSSR count). The van der Waals surface area contributed by atoms with E-state index in [1.165, 1.54) is 6.20 Å². The van der Waals surface area contributed by atoms with Crippen LogP contribution in [-0.4, -0.2) is 28.2 Å². The fraction of sp³-hybridized carbons (Fsp3) is 0.0714. The third kappa shape index (κ3) is 2.31. The summed E-state index contributed by atoms with van der Waals surface area (Å²) in [7, 11) is 1.61. The van der Waals surface area contributed by atoms with Gasteiger partial charge in [0.25, 0.3) is 5.91 Å². The number of carbonyl (C=O) groups excluding carboxylic acids is 1. The number of aromatic nitrogens is 3. The van der Waals surface area contributed by atoms with Crippen molar-refractivity contribution in [3.63, 3.8) is 0 Å². The lowest BCUT2D eigenvalue weighted by molar-refractivity contribution is 0.102. The lowest BCUT2D eigenvalue weighted by atomic mass is 10.2. The first-order valence-corrected chi connectivity index (χ1v) is 6.01. The third-order valence-electron chi connectivity index (χ3n) is 2.89. The van der Waals surface area contributed by atoms with Gasteiger partial charge in [0, 0.05) is 17.6 Å². The molecule has 0 bridgehead atoms. The van der Waals surface area contributed by atoms with Crippen molar-refractivity contribution in [3.8, 4) is 5.75 Å². The number of aromatic amines is 1. The molecule has 0 unspecified atom stereocenters. The molecule has 0 saturated heterocycles. The summed E-state index contributed by atoms with van der Waals surface area (Å²) in [5.74, 6) is 0.497. The number of ether oxygens (including phenoxy) is 1. The van der Waals surface area contributed by atoms with Crippen molar-refractivity contribution >= 4 is 22.5 Å². The van der Waals surface area contributed by atoms with Gasteiger partial charge in [-0.05, 0) is 24.3 Å². The number of benzene rings is 1. The molecule has 0 spiro atoms. The summed E-state index contributed by atoms with van der Waals surface area (Å²) < 4.78 is 5.15. The van der Waals surface area contributed by atoms with E-state index in [2.05, 4.69) is 20.5 Å². The van der Waals surface area contributed by atoms with Gasteiger partial charge in [0.05, 0.1) is 24.5 Å². The zero-order chi connectivity index (χ0) is 13.9. The van der Waals surface area contributed by atoms with E-state index < -0.39 is 0 Å². The molecular weight excluding hydrogens is 256 g/mol. The van der Waals surface area contributed by atoms with Crippen LogP contribution in [0.25, 0.3) is 10.9 Å². The van der Waals surface area contributed by atoms with E-state index in [0.717, 1.165) is 16.7 Å². The fourth-order valence-corrected chi connectivity index (χ4v) is 1.88. The number of pyridine rings is 1. The van der Waals surface area contributed by atoms with Gasteiger partial charge >= 0.3 is 0 Å². The van der Waals surface area contributed by atoms with E-state index in [1.807, 2.05) is 24.3 Å². The maximum atomic E-state index is 11.9. The van der Waals surface area contributed by atoms with Gasteiger partial charge in [0.15, 0.2) is 0 Å². The highest BCUT2D eigenvalue weighted by molar-refractivity contribution is 6.03. The van der Waals surface area contributed by atoms with Crippen LogP contribution in [0.3, 0.4) is 0 Å². The van der Waals surface area contributed by atoms with Crippen LogP contribution in [0.2, 0.25) is 0 Å². The molecule has 2 N–H and O–H groups in total. The second kappa shape index (κ2) is 5.00. The predicted octanol–water partition coefficient (Wildman–Crippen LogP) is 2.22. The minimum Gasteiger partial charge on any atom is -0.497 e. The second-order valence-electron chi connectivity index (χ2n) is 4.21. The molecule has 1 amide bonds. The molecule has 2 heterocycles. The molecule has 0 aliphatic rings. The monoisotopic (exact) mass is 268 g/mol. The number of nitrogens with one attached hydrogen (secondary N) is 2. The predicted molar refractivity (Wildman–Crippen MR) is 74.8 cm³/mol. The van der Waals surface area contributed by atoms with E-state index in [9.17, 15) is 4.79 Å². The van der Waals surface area contributed by atoms with Gasteiger partial charge in [-0.2, -0.15) is 5.10 Å². The Hall–Kier alpha value is -2.89. The Balaban J connectivity index is 1.88. The van der Waals surface area contributed by atoms with Crippen LogP contribution in [0.1, 0.15) is 10.5 Å². The van der Waals surface area contributed by atoms with Gasteiger partial charge in [-0.15, -0.1) is 0 Å². The summed E-state index contributed by atoms with van der Waals surface area (Å²) in [6.07, 6.45) is 3.13. The molecule has 0 atom stereocenters. The molecule has 3 aromatic rings. The molecule has 0 aliphatic carbocycles. The van der Waals surface area contributed by atoms with E-state index in [1.54, 1.807) is 19.4 Å². The molecule has 6 nitrogen and oxygen atoms in total. The minimum atomic E-state index is -0.253. The maximum Gasteiger partial charge on any atom is 0.273 e. The Kier molecular flexibility index (Phi) is 3.04. The van der Waals surface area contributed by atoms with Crippen molar-refractivity contribution in [1.82, 2.24) is 15.2 Å². The van der Waals surface area contributed by atoms with Crippen LogP contribution in [0.4, 0.5) is 5.69 Å². The van der Waals surface area contributed by atoms with E-state index in [4.69, 9.17) is 4.74 Å². The molecule has 0 saturated carbocycles. The molecule has 0 fully saturated rings. The highest BCUT2D eigenvalue weighted by Crippen LogP contribution is 2.21. The van der Waals surface area contributed by atoms with E-state index in [-0.39, 0.29) is 5.91 Å². The topological polar surface area (TPSA) is 79.9 Å². The average Bonchev–Trinajstić information content (AvgIpc) is 3.01. The molecule has 2 aromatic heterocycles. The van der Waals surface area contributed by atoms with Crippen LogP contribution >= 0.6 is 0 Å². The number of hydrogen-bond acceptors (Lipinski definition) is 4. The van der Waals surface area contributed by atoms with Gasteiger partial charge < -0.3 is 10.1 Å². The number of carbonyl (C=O) groups is 1. The van der Waals surface area contributed by atoms with E-state index in [0.29, 0.717) is 11.4 Å². The summed E-state index contributed by atoms with van der Waals surface area (Å²) in [4.78, 5) is 16.2. The third-order valence-corrected chi connectivity index (χ3v) is 2.89. The van der Waals surface area contributed by atoms with Crippen LogP contribution < -0.4 is 10.1 Å². The summed E-state index contributed by atoms with van der Waals surface area (Å²) >= 11 is 0. The first-order chi connectivity index (χ1) is 9.76. The van der Waals surface area contributed by atoms with Gasteiger partial charge in [-0.1, -0.05) is 0 Å². The Morgan fingerprint density at radius 3 is 2.95 bits per heavy atom. The van der Waals surface area contributed by atoms with Crippen molar-refractivity contribution < 1.29 is 9.53 Å². The van der Waals surface area contributed by atoms with Crippen molar-refractivity contribution in [1.29, 1.82) is 0 Å². The Morgan fingerprint density at radius 2 is 2.20 bits per heavy atom. The Morgan fingerprint density at radius 1 is 1.30 bits per heavy atom. The van der Waals surface area contributed by atoms with E-state index >= 15 is 0 Å². The summed E-state index contributed by atoms with van der Waals surface area (Å²) in [6, 6.07) is 9.05. The zero-order valence-electron chi connectivity index (χ0n) is 10.8. The van der Waals surface area contributed by atoms with Gasteiger partial charge in [0.2, 0.25) is 0 Å². The Labute approximate surface area is 114 Å². The molecule has 6 heteroatoms. The maximum absolute atomic E-state index is 11.9. The van der Waals surface area contributed by atoms with Gasteiger partial charge in [-0.25, -0.2) is 0 Å². The second-order valence-corrected chi connectivity index (χ2v) is 4.21. The SMILES string of the molecule is COc1ccc2cc(NC(=O)c3ccn[nH]3)cnc2c1. The first kappa shape index (κ1) is 12.2. The minimum absolute atomic E-state index is 0.253. The van der Waals surface area contributed by atoms with Crippen molar-refractivity contribution in [2.45, 2.75) is 0 Å². The van der Waals surface area contributed by atoms with Crippen LogP contribution in [0.5, 0.6) is 5.75 Å². The fourth-order valence-electron chi connectivity index (χ4n) is 1.88. The number of anilines is 1. The largest absolute Gasteiger partial charge is 0.497 e. The number of H-pyrrole nitrogens is 1. The number of amides is 1. The number of rotatable bonds is 3. The lowest BCUT2D eigenvalue weighted by Gasteiger charge is -2.06. The lowest BCUT2D eigenvalue weighted by Crippen LogP contribution is -2.12. The summed E-state index contributed by atoms with van der Waals surface area (Å²) in [5.41, 5.74) is 1.84. The number of nitrogens with zero attached hydrogens (tertiary/aromatic N) is 2. The van der Waals surface area contributed by atoms with Gasteiger partial charge in [-0.3, -0.25) is 14.9 Å². The summed E-state index contributed by atoms with van der Waals surface area (Å²) in [5, 5.41) is 10.0. The molecule has 100 valence electrons. The Bertz CT molecular complexity index is 753. The standard InChI is InChI=1S/C14H12N4O2/c1-20-11-3-2-9-6-10(8-15-13(9)7-11)17-14(19)12-4-5-16-18-12/h2-8H,1H3,(H,16,18)(H,17,19). The molecule has 20 heavy (non-hydrogen) atoms. The van der Waals surface area contributed by atoms with Crippen molar-refractivity contribution in [3.05, 3.63) is 48.4 Å². The first-order valence-electron chi connectivity index (χ1n) is 6.01. The number of fused-ring (bicyclic) bond motifs is 1.